The predicted octanol–water partition coefficient (Wildman–Crippen LogP) is 4.55. The molecule has 0 amide bonds. The fourth-order valence-electron chi connectivity index (χ4n) is 3.99. The number of nitrogens with zero attached hydrogens (tertiary/aromatic N) is 1. The van der Waals surface area contributed by atoms with Gasteiger partial charge in [0.1, 0.15) is 23.4 Å². The van der Waals surface area contributed by atoms with Crippen LogP contribution in [0.1, 0.15) is 46.1 Å². The topological polar surface area (TPSA) is 106 Å². The van der Waals surface area contributed by atoms with Crippen molar-refractivity contribution in [3.05, 3.63) is 82.7 Å². The number of alkyl halides is 1. The van der Waals surface area contributed by atoms with Crippen LogP contribution in [0.4, 0.5) is 10.1 Å². The van der Waals surface area contributed by atoms with Crippen LogP contribution in [0.3, 0.4) is 0 Å². The molecule has 2 aromatic carbocycles. The summed E-state index contributed by atoms with van der Waals surface area (Å²) in [4.78, 5) is 15.1. The number of aryl methyl sites for hydroxylation is 2. The van der Waals surface area contributed by atoms with Gasteiger partial charge in [-0.1, -0.05) is 12.1 Å². The second-order valence-corrected chi connectivity index (χ2v) is 9.95. The Labute approximate surface area is 197 Å². The summed E-state index contributed by atoms with van der Waals surface area (Å²) in [6.45, 7) is 1.48. The largest absolute Gasteiger partial charge is 0.487 e. The van der Waals surface area contributed by atoms with Crippen molar-refractivity contribution in [2.24, 2.45) is 0 Å². The van der Waals surface area contributed by atoms with Crippen molar-refractivity contribution in [3.8, 4) is 5.75 Å². The Morgan fingerprint density at radius 1 is 1.18 bits per heavy atom. The van der Waals surface area contributed by atoms with Gasteiger partial charge in [0.05, 0.1) is 16.9 Å². The van der Waals surface area contributed by atoms with Crippen molar-refractivity contribution in [1.29, 1.82) is 0 Å². The maximum absolute atomic E-state index is 13.6. The van der Waals surface area contributed by atoms with Gasteiger partial charge in [-0.25, -0.2) is 17.6 Å². The highest BCUT2D eigenvalue weighted by Crippen LogP contribution is 2.35. The molecule has 1 heterocycles. The lowest BCUT2D eigenvalue weighted by Crippen LogP contribution is -2.18. The number of hydrogen-bond acceptors (Lipinski definition) is 5. The number of pyridine rings is 1. The highest BCUT2D eigenvalue weighted by molar-refractivity contribution is 7.92. The third-order valence-electron chi connectivity index (χ3n) is 5.65. The molecule has 34 heavy (non-hydrogen) atoms. The van der Waals surface area contributed by atoms with Crippen molar-refractivity contribution in [3.63, 3.8) is 0 Å². The van der Waals surface area contributed by atoms with Gasteiger partial charge >= 0.3 is 5.97 Å². The van der Waals surface area contributed by atoms with Gasteiger partial charge in [0, 0.05) is 12.6 Å². The average molecular weight is 485 g/mol. The normalized spacial score (nSPS) is 13.8. The Morgan fingerprint density at radius 3 is 2.56 bits per heavy atom. The van der Waals surface area contributed by atoms with Gasteiger partial charge in [0.15, 0.2) is 0 Å². The quantitative estimate of drug-likeness (QED) is 0.462. The number of hydrogen-bond donors (Lipinski definition) is 2. The first-order valence-corrected chi connectivity index (χ1v) is 12.4. The van der Waals surface area contributed by atoms with Gasteiger partial charge in [-0.05, 0) is 79.3 Å². The molecule has 0 fully saturated rings. The lowest BCUT2D eigenvalue weighted by molar-refractivity contribution is 0.0696. The molecule has 2 N–H and O–H groups in total. The van der Waals surface area contributed by atoms with Gasteiger partial charge in [-0.15, -0.1) is 0 Å². The molecule has 4 rings (SSSR count). The van der Waals surface area contributed by atoms with Crippen LogP contribution in [-0.2, 0) is 35.9 Å². The Morgan fingerprint density at radius 2 is 1.88 bits per heavy atom. The highest BCUT2D eigenvalue weighted by atomic mass is 32.2. The number of ether oxygens (including phenoxy) is 1. The summed E-state index contributed by atoms with van der Waals surface area (Å²) in [5.74, 6) is -0.643. The van der Waals surface area contributed by atoms with Gasteiger partial charge in [-0.3, -0.25) is 9.71 Å². The van der Waals surface area contributed by atoms with Gasteiger partial charge in [0.2, 0.25) is 0 Å². The molecule has 1 aliphatic carbocycles. The third kappa shape index (κ3) is 5.36. The number of anilines is 1. The Kier molecular flexibility index (Phi) is 6.83. The monoisotopic (exact) mass is 484 g/mol. The predicted molar refractivity (Wildman–Crippen MR) is 126 cm³/mol. The SMILES string of the molecule is C[C@H](F)Cc1ncccc1S(=O)(=O)Nc1cc2c(cc1OCc1ccc(C(=O)O)cc1)CCC2. The summed E-state index contributed by atoms with van der Waals surface area (Å²) in [5.41, 5.74) is 3.53. The Balaban J connectivity index is 1.62. The maximum atomic E-state index is 13.6. The van der Waals surface area contributed by atoms with Gasteiger partial charge < -0.3 is 9.84 Å². The number of carboxylic acid groups (broad SMARTS) is 1. The van der Waals surface area contributed by atoms with Crippen molar-refractivity contribution in [1.82, 2.24) is 4.98 Å². The molecule has 1 aromatic heterocycles. The van der Waals surface area contributed by atoms with E-state index in [0.29, 0.717) is 11.4 Å². The fourth-order valence-corrected chi connectivity index (χ4v) is 5.26. The minimum atomic E-state index is -4.05. The Bertz CT molecular complexity index is 1310. The number of aromatic carboxylic acids is 1. The van der Waals surface area contributed by atoms with Crippen LogP contribution in [0.25, 0.3) is 0 Å². The van der Waals surface area contributed by atoms with Crippen molar-refractivity contribution in [2.45, 2.75) is 50.3 Å². The molecule has 1 aliphatic rings. The number of carbonyl (C=O) groups is 1. The molecule has 0 radical (unpaired) electrons. The standard InChI is InChI=1S/C25H25FN2O5S/c1-16(26)12-22-24(6-3-11-27-22)34(31,32)28-21-13-19-4-2-5-20(19)14-23(21)33-15-17-7-9-18(10-8-17)25(29)30/h3,6-11,13-14,16,28H,2,4-5,12,15H2,1H3,(H,29,30)/t16-/m0/s1. The van der Waals surface area contributed by atoms with Crippen LogP contribution >= 0.6 is 0 Å². The van der Waals surface area contributed by atoms with E-state index in [1.807, 2.05) is 6.07 Å². The van der Waals surface area contributed by atoms with Gasteiger partial charge in [0.25, 0.3) is 10.0 Å². The summed E-state index contributed by atoms with van der Waals surface area (Å²) in [7, 11) is -4.05. The van der Waals surface area contributed by atoms with E-state index in [1.54, 1.807) is 18.2 Å². The lowest BCUT2D eigenvalue weighted by atomic mass is 10.1. The van der Waals surface area contributed by atoms with E-state index < -0.39 is 22.2 Å². The van der Waals surface area contributed by atoms with Crippen molar-refractivity contribution in [2.75, 3.05) is 4.72 Å². The zero-order chi connectivity index (χ0) is 24.3. The maximum Gasteiger partial charge on any atom is 0.335 e. The first kappa shape index (κ1) is 23.7. The van der Waals surface area contributed by atoms with Crippen LogP contribution in [0.5, 0.6) is 5.75 Å². The second kappa shape index (κ2) is 9.80. The van der Waals surface area contributed by atoms with E-state index in [-0.39, 0.29) is 29.2 Å². The number of carboxylic acids is 1. The van der Waals surface area contributed by atoms with E-state index >= 15 is 0 Å². The molecule has 9 heteroatoms. The smallest absolute Gasteiger partial charge is 0.335 e. The molecular formula is C25H25FN2O5S. The fraction of sp³-hybridized carbons (Fsp3) is 0.280. The van der Waals surface area contributed by atoms with Crippen LogP contribution in [-0.4, -0.2) is 30.6 Å². The van der Waals surface area contributed by atoms with E-state index in [1.165, 1.54) is 37.4 Å². The molecular weight excluding hydrogens is 459 g/mol. The van der Waals surface area contributed by atoms with Crippen LogP contribution in [0, 0.1) is 0 Å². The molecule has 178 valence electrons. The van der Waals surface area contributed by atoms with E-state index in [9.17, 15) is 17.6 Å². The van der Waals surface area contributed by atoms with Crippen molar-refractivity contribution >= 4 is 21.7 Å². The number of rotatable bonds is 9. The highest BCUT2D eigenvalue weighted by Gasteiger charge is 2.24. The van der Waals surface area contributed by atoms with E-state index in [2.05, 4.69) is 9.71 Å². The number of aromatic nitrogens is 1. The zero-order valence-electron chi connectivity index (χ0n) is 18.6. The molecule has 0 spiro atoms. The number of sulfonamides is 1. The summed E-state index contributed by atoms with van der Waals surface area (Å²) >= 11 is 0. The Hall–Kier alpha value is -3.46. The van der Waals surface area contributed by atoms with Crippen LogP contribution in [0.2, 0.25) is 0 Å². The molecule has 7 nitrogen and oxygen atoms in total. The minimum absolute atomic E-state index is 0.0739. The van der Waals surface area contributed by atoms with E-state index in [4.69, 9.17) is 9.84 Å². The summed E-state index contributed by atoms with van der Waals surface area (Å²) in [5, 5.41) is 9.06. The molecule has 1 atom stereocenters. The van der Waals surface area contributed by atoms with Gasteiger partial charge in [-0.2, -0.15) is 0 Å². The third-order valence-corrected chi connectivity index (χ3v) is 7.09. The molecule has 0 saturated heterocycles. The van der Waals surface area contributed by atoms with Crippen LogP contribution < -0.4 is 9.46 Å². The molecule has 0 unspecified atom stereocenters. The first-order chi connectivity index (χ1) is 16.2. The first-order valence-electron chi connectivity index (χ1n) is 10.9. The molecule has 0 aliphatic heterocycles. The summed E-state index contributed by atoms with van der Waals surface area (Å²) < 4.78 is 48.7. The average Bonchev–Trinajstić information content (AvgIpc) is 3.24. The summed E-state index contributed by atoms with van der Waals surface area (Å²) in [6, 6.07) is 12.8. The summed E-state index contributed by atoms with van der Waals surface area (Å²) in [6.07, 6.45) is 2.79. The molecule has 0 bridgehead atoms. The number of benzene rings is 2. The molecule has 3 aromatic rings. The second-order valence-electron chi connectivity index (χ2n) is 8.30. The number of nitrogens with one attached hydrogen (secondary N) is 1. The molecule has 0 saturated carbocycles. The lowest BCUT2D eigenvalue weighted by Gasteiger charge is -2.17. The zero-order valence-corrected chi connectivity index (χ0v) is 19.4. The number of halogens is 1. The van der Waals surface area contributed by atoms with Crippen LogP contribution in [0.15, 0.2) is 59.6 Å². The number of fused-ring (bicyclic) bond motifs is 1. The van der Waals surface area contributed by atoms with E-state index in [0.717, 1.165) is 36.0 Å². The minimum Gasteiger partial charge on any atom is -0.487 e. The van der Waals surface area contributed by atoms with Crippen molar-refractivity contribution < 1.29 is 27.4 Å².